The Morgan fingerprint density at radius 2 is 2.00 bits per heavy atom. The van der Waals surface area contributed by atoms with Crippen molar-refractivity contribution >= 4 is 0 Å². The smallest absolute Gasteiger partial charge is 0.222 e. The minimum Gasteiger partial charge on any atom is -0.504 e. The van der Waals surface area contributed by atoms with E-state index in [0.29, 0.717) is 11.6 Å². The summed E-state index contributed by atoms with van der Waals surface area (Å²) in [5, 5.41) is 9.47. The average Bonchev–Trinajstić information content (AvgIpc) is 2.22. The Balaban J connectivity index is 2.26. The number of phenolic OH excluding ortho intramolecular Hbond substituents is 1. The zero-order valence-corrected chi connectivity index (χ0v) is 8.21. The van der Waals surface area contributed by atoms with Gasteiger partial charge >= 0.3 is 0 Å². The van der Waals surface area contributed by atoms with Crippen LogP contribution in [0.4, 0.5) is 0 Å². The van der Waals surface area contributed by atoms with Crippen LogP contribution in [0.2, 0.25) is 0 Å². The number of ether oxygens (including phenoxy) is 1. The molecule has 2 rings (SSSR count). The number of rotatable bonds is 2. The fraction of sp³-hybridized carbons (Fsp3) is 0.0909. The lowest BCUT2D eigenvalue weighted by molar-refractivity contribution is 0.402. The lowest BCUT2D eigenvalue weighted by atomic mass is 10.3. The molecule has 0 saturated carbocycles. The number of hydrogen-bond acceptors (Lipinski definition) is 4. The molecule has 0 aliphatic rings. The summed E-state index contributed by atoms with van der Waals surface area (Å²) in [6.07, 6.45) is 1.42. The Bertz CT molecular complexity index is 472. The van der Waals surface area contributed by atoms with E-state index in [9.17, 15) is 5.11 Å². The fourth-order valence-electron chi connectivity index (χ4n) is 1.14. The maximum Gasteiger partial charge on any atom is 0.222 e. The van der Waals surface area contributed by atoms with Gasteiger partial charge in [0.2, 0.25) is 5.88 Å². The fourth-order valence-corrected chi connectivity index (χ4v) is 1.14. The molecule has 15 heavy (non-hydrogen) atoms. The van der Waals surface area contributed by atoms with Crippen LogP contribution >= 0.6 is 0 Å². The molecule has 76 valence electrons. The largest absolute Gasteiger partial charge is 0.504 e. The van der Waals surface area contributed by atoms with Crippen LogP contribution in [0.5, 0.6) is 17.4 Å². The molecule has 0 amide bonds. The van der Waals surface area contributed by atoms with E-state index in [1.165, 1.54) is 6.33 Å². The van der Waals surface area contributed by atoms with Gasteiger partial charge in [-0.3, -0.25) is 0 Å². The molecule has 0 fully saturated rings. The van der Waals surface area contributed by atoms with Crippen molar-refractivity contribution in [2.75, 3.05) is 0 Å². The van der Waals surface area contributed by atoms with Gasteiger partial charge in [0.15, 0.2) is 11.5 Å². The molecule has 1 aromatic carbocycles. The first-order chi connectivity index (χ1) is 7.25. The Kier molecular flexibility index (Phi) is 2.49. The molecule has 4 heteroatoms. The normalized spacial score (nSPS) is 9.93. The highest BCUT2D eigenvalue weighted by Crippen LogP contribution is 2.28. The zero-order valence-electron chi connectivity index (χ0n) is 8.21. The van der Waals surface area contributed by atoms with E-state index in [1.54, 1.807) is 30.3 Å². The number of aryl methyl sites for hydroxylation is 1. The van der Waals surface area contributed by atoms with Gasteiger partial charge in [-0.25, -0.2) is 9.97 Å². The van der Waals surface area contributed by atoms with Crippen molar-refractivity contribution < 1.29 is 9.84 Å². The van der Waals surface area contributed by atoms with Gasteiger partial charge in [-0.1, -0.05) is 12.1 Å². The molecule has 1 heterocycles. The summed E-state index contributed by atoms with van der Waals surface area (Å²) in [6.45, 7) is 1.85. The van der Waals surface area contributed by atoms with Gasteiger partial charge in [0.25, 0.3) is 0 Å². The molecule has 0 saturated heterocycles. The predicted octanol–water partition coefficient (Wildman–Crippen LogP) is 2.28. The number of nitrogens with zero attached hydrogens (tertiary/aromatic N) is 2. The maximum absolute atomic E-state index is 9.47. The molecule has 0 unspecified atom stereocenters. The van der Waals surface area contributed by atoms with E-state index in [0.717, 1.165) is 5.69 Å². The molecule has 0 aliphatic heterocycles. The molecule has 0 atom stereocenters. The summed E-state index contributed by atoms with van der Waals surface area (Å²) in [5.74, 6) is 0.897. The molecule has 2 aromatic rings. The highest BCUT2D eigenvalue weighted by atomic mass is 16.5. The molecule has 4 nitrogen and oxygen atoms in total. The quantitative estimate of drug-likeness (QED) is 0.811. The van der Waals surface area contributed by atoms with Crippen molar-refractivity contribution in [1.82, 2.24) is 9.97 Å². The third kappa shape index (κ3) is 2.22. The van der Waals surface area contributed by atoms with E-state index >= 15 is 0 Å². The Labute approximate surface area is 87.2 Å². The Morgan fingerprint density at radius 3 is 2.73 bits per heavy atom. The van der Waals surface area contributed by atoms with Crippen LogP contribution in [0.15, 0.2) is 36.7 Å². The summed E-state index contributed by atoms with van der Waals surface area (Å²) in [5.41, 5.74) is 0.815. The van der Waals surface area contributed by atoms with Gasteiger partial charge < -0.3 is 9.84 Å². The Morgan fingerprint density at radius 1 is 1.20 bits per heavy atom. The van der Waals surface area contributed by atoms with E-state index < -0.39 is 0 Å². The van der Waals surface area contributed by atoms with Gasteiger partial charge in [0.1, 0.15) is 6.33 Å². The van der Waals surface area contributed by atoms with Crippen LogP contribution in [0.3, 0.4) is 0 Å². The van der Waals surface area contributed by atoms with Crippen LogP contribution < -0.4 is 4.74 Å². The minimum absolute atomic E-state index is 0.0914. The zero-order chi connectivity index (χ0) is 10.7. The topological polar surface area (TPSA) is 55.2 Å². The van der Waals surface area contributed by atoms with E-state index in [2.05, 4.69) is 9.97 Å². The second kappa shape index (κ2) is 3.96. The van der Waals surface area contributed by atoms with E-state index in [-0.39, 0.29) is 5.75 Å². The van der Waals surface area contributed by atoms with E-state index in [4.69, 9.17) is 4.74 Å². The van der Waals surface area contributed by atoms with Gasteiger partial charge in [-0.05, 0) is 19.1 Å². The van der Waals surface area contributed by atoms with Crippen LogP contribution in [0.1, 0.15) is 5.69 Å². The van der Waals surface area contributed by atoms with Crippen molar-refractivity contribution in [3.8, 4) is 17.4 Å². The van der Waals surface area contributed by atoms with Gasteiger partial charge in [0, 0.05) is 11.8 Å². The highest BCUT2D eigenvalue weighted by molar-refractivity contribution is 5.40. The molecular formula is C11H10N2O2. The number of hydrogen-bond donors (Lipinski definition) is 1. The second-order valence-electron chi connectivity index (χ2n) is 3.07. The third-order valence-corrected chi connectivity index (χ3v) is 1.86. The predicted molar refractivity (Wildman–Crippen MR) is 54.9 cm³/mol. The summed E-state index contributed by atoms with van der Waals surface area (Å²) in [4.78, 5) is 7.88. The van der Waals surface area contributed by atoms with Crippen molar-refractivity contribution in [1.29, 1.82) is 0 Å². The molecule has 1 aromatic heterocycles. The lowest BCUT2D eigenvalue weighted by Gasteiger charge is -2.05. The number of benzene rings is 1. The monoisotopic (exact) mass is 202 g/mol. The first kappa shape index (κ1) is 9.45. The first-order valence-electron chi connectivity index (χ1n) is 4.50. The number of phenols is 1. The highest BCUT2D eigenvalue weighted by Gasteiger charge is 2.03. The molecule has 0 bridgehead atoms. The average molecular weight is 202 g/mol. The number of aromatic hydroxyl groups is 1. The summed E-state index contributed by atoms with van der Waals surface area (Å²) in [6, 6.07) is 8.44. The van der Waals surface area contributed by atoms with E-state index in [1.807, 2.05) is 6.92 Å². The first-order valence-corrected chi connectivity index (χ1v) is 4.50. The molecule has 0 spiro atoms. The van der Waals surface area contributed by atoms with Gasteiger partial charge in [-0.2, -0.15) is 0 Å². The Hall–Kier alpha value is -2.10. The third-order valence-electron chi connectivity index (χ3n) is 1.86. The van der Waals surface area contributed by atoms with Gasteiger partial charge in [-0.15, -0.1) is 0 Å². The second-order valence-corrected chi connectivity index (χ2v) is 3.07. The van der Waals surface area contributed by atoms with Crippen LogP contribution in [0, 0.1) is 6.92 Å². The molecule has 0 radical (unpaired) electrons. The van der Waals surface area contributed by atoms with Crippen LogP contribution in [0.25, 0.3) is 0 Å². The summed E-state index contributed by atoms with van der Waals surface area (Å²) in [7, 11) is 0. The van der Waals surface area contributed by atoms with Crippen molar-refractivity contribution in [2.45, 2.75) is 6.92 Å². The van der Waals surface area contributed by atoms with Gasteiger partial charge in [0.05, 0.1) is 0 Å². The molecular weight excluding hydrogens is 192 g/mol. The van der Waals surface area contributed by atoms with Crippen molar-refractivity contribution in [3.63, 3.8) is 0 Å². The number of aromatic nitrogens is 2. The maximum atomic E-state index is 9.47. The van der Waals surface area contributed by atoms with Crippen LogP contribution in [-0.2, 0) is 0 Å². The molecule has 1 N–H and O–H groups in total. The van der Waals surface area contributed by atoms with Crippen molar-refractivity contribution in [3.05, 3.63) is 42.4 Å². The molecule has 0 aliphatic carbocycles. The summed E-state index contributed by atoms with van der Waals surface area (Å²) >= 11 is 0. The number of para-hydroxylation sites is 2. The summed E-state index contributed by atoms with van der Waals surface area (Å²) < 4.78 is 5.39. The van der Waals surface area contributed by atoms with Crippen LogP contribution in [-0.4, -0.2) is 15.1 Å². The SMILES string of the molecule is Cc1cc(Oc2ccccc2O)ncn1. The van der Waals surface area contributed by atoms with Crippen molar-refractivity contribution in [2.24, 2.45) is 0 Å². The minimum atomic E-state index is 0.0914. The standard InChI is InChI=1S/C11H10N2O2/c1-8-6-11(13-7-12-8)15-10-5-3-2-4-9(10)14/h2-7,14H,1H3. The lowest BCUT2D eigenvalue weighted by Crippen LogP contribution is -1.90.